The number of nitrogens with zero attached hydrogens (tertiary/aromatic N) is 1. The molecule has 4 heteroatoms. The topological polar surface area (TPSA) is 58.4 Å². The van der Waals surface area contributed by atoms with Crippen LogP contribution in [0.25, 0.3) is 0 Å². The summed E-state index contributed by atoms with van der Waals surface area (Å²) >= 11 is 0. The van der Waals surface area contributed by atoms with E-state index in [0.717, 1.165) is 37.1 Å². The molecule has 1 rings (SSSR count). The highest BCUT2D eigenvalue weighted by Gasteiger charge is 2.16. The Bertz CT molecular complexity index is 434. The number of carbonyl (C=O) groups excluding carboxylic acids is 1. The Morgan fingerprint density at radius 2 is 2.05 bits per heavy atom. The zero-order valence-corrected chi connectivity index (χ0v) is 13.6. The Labute approximate surface area is 128 Å². The van der Waals surface area contributed by atoms with Crippen molar-refractivity contribution in [3.8, 4) is 0 Å². The van der Waals surface area contributed by atoms with Crippen molar-refractivity contribution < 1.29 is 4.79 Å². The Hall–Kier alpha value is -1.39. The molecule has 21 heavy (non-hydrogen) atoms. The number of hydrogen-bond acceptors (Lipinski definition) is 3. The molecular weight excluding hydrogens is 262 g/mol. The van der Waals surface area contributed by atoms with Crippen molar-refractivity contribution >= 4 is 11.6 Å². The maximum absolute atomic E-state index is 12.3. The van der Waals surface area contributed by atoms with Gasteiger partial charge in [0.25, 0.3) is 0 Å². The lowest BCUT2D eigenvalue weighted by Gasteiger charge is -2.27. The summed E-state index contributed by atoms with van der Waals surface area (Å²) in [7, 11) is 0. The van der Waals surface area contributed by atoms with Crippen molar-refractivity contribution in [2.75, 3.05) is 18.4 Å². The number of carbonyl (C=O) groups is 1. The first kappa shape index (κ1) is 17.7. The minimum atomic E-state index is 0.0345. The second-order valence-electron chi connectivity index (χ2n) is 5.49. The molecule has 0 heterocycles. The van der Waals surface area contributed by atoms with Crippen LogP contribution in [0.3, 0.4) is 0 Å². The Morgan fingerprint density at radius 3 is 2.67 bits per heavy atom. The SMILES string of the molecule is CCCCN(CC(=O)Nc1ccccc1CN)C(C)CC. The summed E-state index contributed by atoms with van der Waals surface area (Å²) in [5, 5.41) is 2.99. The van der Waals surface area contributed by atoms with E-state index in [1.54, 1.807) is 0 Å². The maximum atomic E-state index is 12.3. The number of rotatable bonds is 9. The minimum Gasteiger partial charge on any atom is -0.326 e. The Kier molecular flexibility index (Phi) is 8.01. The van der Waals surface area contributed by atoms with Gasteiger partial charge in [0, 0.05) is 18.3 Å². The van der Waals surface area contributed by atoms with Gasteiger partial charge < -0.3 is 11.1 Å². The summed E-state index contributed by atoms with van der Waals surface area (Å²) in [6, 6.07) is 8.12. The van der Waals surface area contributed by atoms with Crippen molar-refractivity contribution in [1.29, 1.82) is 0 Å². The molecule has 0 aliphatic rings. The van der Waals surface area contributed by atoms with Gasteiger partial charge in [0.1, 0.15) is 0 Å². The number of hydrogen-bond donors (Lipinski definition) is 2. The summed E-state index contributed by atoms with van der Waals surface area (Å²) in [5.41, 5.74) is 7.49. The van der Waals surface area contributed by atoms with E-state index < -0.39 is 0 Å². The molecule has 0 bridgehead atoms. The molecule has 0 aromatic heterocycles. The van der Waals surface area contributed by atoms with E-state index in [1.165, 1.54) is 0 Å². The van der Waals surface area contributed by atoms with E-state index in [2.05, 4.69) is 31.0 Å². The summed E-state index contributed by atoms with van der Waals surface area (Å²) in [5.74, 6) is 0.0345. The lowest BCUT2D eigenvalue weighted by atomic mass is 10.1. The van der Waals surface area contributed by atoms with Gasteiger partial charge in [-0.3, -0.25) is 9.69 Å². The minimum absolute atomic E-state index is 0.0345. The number of para-hydroxylation sites is 1. The number of amides is 1. The third-order valence-electron chi connectivity index (χ3n) is 3.87. The second-order valence-corrected chi connectivity index (χ2v) is 5.49. The highest BCUT2D eigenvalue weighted by atomic mass is 16.2. The van der Waals surface area contributed by atoms with Crippen LogP contribution in [0.5, 0.6) is 0 Å². The molecular formula is C17H29N3O. The number of unbranched alkanes of at least 4 members (excludes halogenated alkanes) is 1. The van der Waals surface area contributed by atoms with Crippen LogP contribution < -0.4 is 11.1 Å². The molecule has 0 radical (unpaired) electrons. The van der Waals surface area contributed by atoms with Crippen LogP contribution in [-0.4, -0.2) is 29.9 Å². The number of benzene rings is 1. The predicted molar refractivity (Wildman–Crippen MR) is 89.2 cm³/mol. The van der Waals surface area contributed by atoms with Crippen LogP contribution >= 0.6 is 0 Å². The standard InChI is InChI=1S/C17H29N3O/c1-4-6-11-20(14(3)5-2)13-17(21)19-16-10-8-7-9-15(16)12-18/h7-10,14H,4-6,11-13,18H2,1-3H3,(H,19,21). The number of anilines is 1. The van der Waals surface area contributed by atoms with Gasteiger partial charge in [0.2, 0.25) is 5.91 Å². The fraction of sp³-hybridized carbons (Fsp3) is 0.588. The lowest BCUT2D eigenvalue weighted by Crippen LogP contribution is -2.39. The average Bonchev–Trinajstić information content (AvgIpc) is 2.51. The van der Waals surface area contributed by atoms with E-state index >= 15 is 0 Å². The largest absolute Gasteiger partial charge is 0.326 e. The Morgan fingerprint density at radius 1 is 1.33 bits per heavy atom. The molecule has 1 aromatic rings. The molecule has 1 atom stereocenters. The molecule has 0 saturated carbocycles. The first-order valence-corrected chi connectivity index (χ1v) is 7.94. The molecule has 3 N–H and O–H groups in total. The molecule has 118 valence electrons. The molecule has 1 aromatic carbocycles. The van der Waals surface area contributed by atoms with Crippen molar-refractivity contribution in [1.82, 2.24) is 4.90 Å². The van der Waals surface area contributed by atoms with E-state index in [-0.39, 0.29) is 5.91 Å². The van der Waals surface area contributed by atoms with Crippen LogP contribution in [0.4, 0.5) is 5.69 Å². The molecule has 4 nitrogen and oxygen atoms in total. The molecule has 0 aliphatic heterocycles. The van der Waals surface area contributed by atoms with Gasteiger partial charge in [0.05, 0.1) is 6.54 Å². The van der Waals surface area contributed by atoms with Crippen LogP contribution in [-0.2, 0) is 11.3 Å². The van der Waals surface area contributed by atoms with Crippen LogP contribution in [0.1, 0.15) is 45.6 Å². The zero-order valence-electron chi connectivity index (χ0n) is 13.6. The summed E-state index contributed by atoms with van der Waals surface area (Å²) < 4.78 is 0. The Balaban J connectivity index is 2.64. The summed E-state index contributed by atoms with van der Waals surface area (Å²) in [4.78, 5) is 14.5. The van der Waals surface area contributed by atoms with Crippen LogP contribution in [0, 0.1) is 0 Å². The molecule has 0 saturated heterocycles. The normalized spacial score (nSPS) is 12.4. The molecule has 1 unspecified atom stereocenters. The van der Waals surface area contributed by atoms with Crippen LogP contribution in [0.2, 0.25) is 0 Å². The number of nitrogens with one attached hydrogen (secondary N) is 1. The molecule has 0 fully saturated rings. The fourth-order valence-electron chi connectivity index (χ4n) is 2.27. The van der Waals surface area contributed by atoms with E-state index in [9.17, 15) is 4.79 Å². The quantitative estimate of drug-likeness (QED) is 0.735. The van der Waals surface area contributed by atoms with Crippen molar-refractivity contribution in [2.24, 2.45) is 5.73 Å². The average molecular weight is 291 g/mol. The first-order valence-electron chi connectivity index (χ1n) is 7.94. The number of nitrogens with two attached hydrogens (primary N) is 1. The smallest absolute Gasteiger partial charge is 0.238 e. The first-order chi connectivity index (χ1) is 10.1. The van der Waals surface area contributed by atoms with Crippen molar-refractivity contribution in [3.05, 3.63) is 29.8 Å². The molecule has 0 spiro atoms. The highest BCUT2D eigenvalue weighted by Crippen LogP contribution is 2.14. The maximum Gasteiger partial charge on any atom is 0.238 e. The van der Waals surface area contributed by atoms with Crippen molar-refractivity contribution in [2.45, 2.75) is 52.6 Å². The fourth-order valence-corrected chi connectivity index (χ4v) is 2.27. The van der Waals surface area contributed by atoms with Gasteiger partial charge in [-0.25, -0.2) is 0 Å². The third-order valence-corrected chi connectivity index (χ3v) is 3.87. The summed E-state index contributed by atoms with van der Waals surface area (Å²) in [6.07, 6.45) is 3.32. The van der Waals surface area contributed by atoms with Gasteiger partial charge in [-0.1, -0.05) is 38.5 Å². The van der Waals surface area contributed by atoms with Gasteiger partial charge >= 0.3 is 0 Å². The van der Waals surface area contributed by atoms with Crippen LogP contribution in [0.15, 0.2) is 24.3 Å². The molecule has 0 aliphatic carbocycles. The monoisotopic (exact) mass is 291 g/mol. The predicted octanol–water partition coefficient (Wildman–Crippen LogP) is 2.98. The third kappa shape index (κ3) is 5.86. The summed E-state index contributed by atoms with van der Waals surface area (Å²) in [6.45, 7) is 8.35. The van der Waals surface area contributed by atoms with Gasteiger partial charge in [0.15, 0.2) is 0 Å². The van der Waals surface area contributed by atoms with Gasteiger partial charge in [-0.15, -0.1) is 0 Å². The van der Waals surface area contributed by atoms with E-state index in [0.29, 0.717) is 19.1 Å². The van der Waals surface area contributed by atoms with E-state index in [1.807, 2.05) is 24.3 Å². The zero-order chi connectivity index (χ0) is 15.7. The van der Waals surface area contributed by atoms with Gasteiger partial charge in [-0.2, -0.15) is 0 Å². The van der Waals surface area contributed by atoms with E-state index in [4.69, 9.17) is 5.73 Å². The highest BCUT2D eigenvalue weighted by molar-refractivity contribution is 5.93. The molecule has 1 amide bonds. The van der Waals surface area contributed by atoms with Crippen molar-refractivity contribution in [3.63, 3.8) is 0 Å². The van der Waals surface area contributed by atoms with Gasteiger partial charge in [-0.05, 0) is 37.9 Å². The lowest BCUT2D eigenvalue weighted by molar-refractivity contribution is -0.117. The second kappa shape index (κ2) is 9.53.